The number of rotatable bonds is 3. The maximum absolute atomic E-state index is 4.53. The monoisotopic (exact) mass is 180 g/mol. The molecule has 1 N–H and O–H groups in total. The molecule has 2 aliphatic carbocycles. The summed E-state index contributed by atoms with van der Waals surface area (Å²) >= 11 is 0. The molecule has 2 saturated carbocycles. The lowest BCUT2D eigenvalue weighted by Crippen LogP contribution is -2.22. The van der Waals surface area contributed by atoms with Crippen LogP contribution in [0, 0.1) is 11.3 Å². The van der Waals surface area contributed by atoms with Crippen molar-refractivity contribution in [2.24, 2.45) is 16.4 Å². The van der Waals surface area contributed by atoms with Crippen LogP contribution in [0.1, 0.15) is 46.0 Å². The van der Waals surface area contributed by atoms with E-state index in [0.717, 1.165) is 18.9 Å². The maximum Gasteiger partial charge on any atom is 0.0440 e. The van der Waals surface area contributed by atoms with Gasteiger partial charge in [0.2, 0.25) is 0 Å². The number of hydrazone groups is 1. The smallest absolute Gasteiger partial charge is 0.0440 e. The molecule has 0 aliphatic heterocycles. The van der Waals surface area contributed by atoms with Gasteiger partial charge in [0.25, 0.3) is 0 Å². The van der Waals surface area contributed by atoms with Gasteiger partial charge in [-0.1, -0.05) is 13.8 Å². The van der Waals surface area contributed by atoms with Crippen molar-refractivity contribution in [3.05, 3.63) is 0 Å². The van der Waals surface area contributed by atoms with Crippen LogP contribution in [-0.2, 0) is 0 Å². The molecule has 13 heavy (non-hydrogen) atoms. The summed E-state index contributed by atoms with van der Waals surface area (Å²) in [5, 5.41) is 4.53. The summed E-state index contributed by atoms with van der Waals surface area (Å²) in [5.74, 6) is 0.962. The first-order chi connectivity index (χ1) is 6.27. The van der Waals surface area contributed by atoms with Crippen molar-refractivity contribution >= 4 is 5.71 Å². The molecule has 2 nitrogen and oxygen atoms in total. The Morgan fingerprint density at radius 2 is 2.46 bits per heavy atom. The Kier molecular flexibility index (Phi) is 2.31. The summed E-state index contributed by atoms with van der Waals surface area (Å²) in [6.07, 6.45) is 6.57. The molecule has 74 valence electrons. The molecule has 2 atom stereocenters. The van der Waals surface area contributed by atoms with Crippen LogP contribution in [0.3, 0.4) is 0 Å². The first-order valence-corrected chi connectivity index (χ1v) is 5.57. The highest BCUT2D eigenvalue weighted by molar-refractivity contribution is 5.93. The first-order valence-electron chi connectivity index (χ1n) is 5.57. The second-order valence-corrected chi connectivity index (χ2v) is 4.68. The molecule has 0 spiro atoms. The van der Waals surface area contributed by atoms with Gasteiger partial charge in [-0.25, -0.2) is 0 Å². The van der Waals surface area contributed by atoms with E-state index in [1.54, 1.807) is 0 Å². The van der Waals surface area contributed by atoms with Gasteiger partial charge in [0.1, 0.15) is 0 Å². The van der Waals surface area contributed by atoms with Crippen LogP contribution >= 0.6 is 0 Å². The summed E-state index contributed by atoms with van der Waals surface area (Å²) in [5.41, 5.74) is 5.12. The molecule has 2 rings (SSSR count). The minimum atomic E-state index is 0.499. The minimum Gasteiger partial charge on any atom is -0.310 e. The molecule has 2 heteroatoms. The van der Waals surface area contributed by atoms with Crippen LogP contribution in [0.25, 0.3) is 0 Å². The molecule has 0 amide bonds. The van der Waals surface area contributed by atoms with Crippen LogP contribution in [0.15, 0.2) is 5.10 Å². The number of nitrogens with zero attached hydrogens (tertiary/aromatic N) is 1. The van der Waals surface area contributed by atoms with Gasteiger partial charge in [-0.3, -0.25) is 0 Å². The molecule has 2 unspecified atom stereocenters. The van der Waals surface area contributed by atoms with Gasteiger partial charge < -0.3 is 5.43 Å². The van der Waals surface area contributed by atoms with Crippen LogP contribution in [0.5, 0.6) is 0 Å². The average Bonchev–Trinajstić information content (AvgIpc) is 2.78. The second kappa shape index (κ2) is 3.32. The lowest BCUT2D eigenvalue weighted by atomic mass is 9.88. The van der Waals surface area contributed by atoms with E-state index in [9.17, 15) is 0 Å². The molecule has 0 radical (unpaired) electrons. The Bertz CT molecular complexity index is 222. The molecule has 2 fully saturated rings. The molecular weight excluding hydrogens is 160 g/mol. The van der Waals surface area contributed by atoms with E-state index in [-0.39, 0.29) is 0 Å². The third-order valence-corrected chi connectivity index (χ3v) is 3.61. The van der Waals surface area contributed by atoms with Gasteiger partial charge in [-0.2, -0.15) is 5.10 Å². The van der Waals surface area contributed by atoms with Crippen LogP contribution < -0.4 is 5.43 Å². The van der Waals surface area contributed by atoms with Crippen LogP contribution in [0.2, 0.25) is 0 Å². The summed E-state index contributed by atoms with van der Waals surface area (Å²) in [4.78, 5) is 0. The summed E-state index contributed by atoms with van der Waals surface area (Å²) in [6.45, 7) is 5.57. The van der Waals surface area contributed by atoms with Gasteiger partial charge in [-0.15, -0.1) is 0 Å². The lowest BCUT2D eigenvalue weighted by molar-refractivity contribution is 0.534. The highest BCUT2D eigenvalue weighted by Crippen LogP contribution is 2.59. The van der Waals surface area contributed by atoms with E-state index in [4.69, 9.17) is 0 Å². The van der Waals surface area contributed by atoms with Gasteiger partial charge in [-0.05, 0) is 38.0 Å². The van der Waals surface area contributed by atoms with E-state index in [0.29, 0.717) is 5.41 Å². The highest BCUT2D eigenvalue weighted by atomic mass is 15.3. The summed E-state index contributed by atoms with van der Waals surface area (Å²) in [7, 11) is 0. The van der Waals surface area contributed by atoms with Crippen molar-refractivity contribution in [3.63, 3.8) is 0 Å². The van der Waals surface area contributed by atoms with Gasteiger partial charge >= 0.3 is 0 Å². The predicted molar refractivity (Wildman–Crippen MR) is 55.8 cm³/mol. The zero-order chi connectivity index (χ0) is 9.31. The van der Waals surface area contributed by atoms with Crippen molar-refractivity contribution in [2.75, 3.05) is 6.54 Å². The van der Waals surface area contributed by atoms with E-state index in [1.165, 1.54) is 31.4 Å². The van der Waals surface area contributed by atoms with Crippen molar-refractivity contribution in [2.45, 2.75) is 46.0 Å². The third kappa shape index (κ3) is 1.59. The zero-order valence-electron chi connectivity index (χ0n) is 8.77. The molecular formula is C11H20N2. The fourth-order valence-corrected chi connectivity index (χ4v) is 2.48. The largest absolute Gasteiger partial charge is 0.310 e. The Morgan fingerprint density at radius 3 is 3.23 bits per heavy atom. The van der Waals surface area contributed by atoms with Crippen molar-refractivity contribution < 1.29 is 0 Å². The predicted octanol–water partition coefficient (Wildman–Crippen LogP) is 2.55. The van der Waals surface area contributed by atoms with Crippen molar-refractivity contribution in [1.82, 2.24) is 5.43 Å². The van der Waals surface area contributed by atoms with Crippen molar-refractivity contribution in [1.29, 1.82) is 0 Å². The third-order valence-electron chi connectivity index (χ3n) is 3.61. The first kappa shape index (κ1) is 9.04. The van der Waals surface area contributed by atoms with E-state index >= 15 is 0 Å². The number of hydrogen-bond donors (Lipinski definition) is 1. The van der Waals surface area contributed by atoms with Crippen molar-refractivity contribution in [3.8, 4) is 0 Å². The topological polar surface area (TPSA) is 24.4 Å². The maximum atomic E-state index is 4.53. The Balaban J connectivity index is 1.94. The number of fused-ring (bicyclic) bond motifs is 1. The van der Waals surface area contributed by atoms with Crippen LogP contribution in [0.4, 0.5) is 0 Å². The van der Waals surface area contributed by atoms with E-state index in [2.05, 4.69) is 24.4 Å². The van der Waals surface area contributed by atoms with Gasteiger partial charge in [0.05, 0.1) is 0 Å². The molecule has 0 bridgehead atoms. The number of nitrogens with one attached hydrogen (secondary N) is 1. The molecule has 0 heterocycles. The standard InChI is InChI=1S/C11H20N2/c1-3-7-12-13-10-6-4-5-9-8-11(9,10)2/h9,12H,3-8H2,1-2H3/b13-10-. The number of hydrogen-bond acceptors (Lipinski definition) is 2. The average molecular weight is 180 g/mol. The fourth-order valence-electron chi connectivity index (χ4n) is 2.48. The lowest BCUT2D eigenvalue weighted by Gasteiger charge is -2.20. The van der Waals surface area contributed by atoms with Crippen LogP contribution in [-0.4, -0.2) is 12.3 Å². The quantitative estimate of drug-likeness (QED) is 0.524. The molecule has 0 saturated heterocycles. The highest BCUT2D eigenvalue weighted by Gasteiger charge is 2.54. The Morgan fingerprint density at radius 1 is 1.62 bits per heavy atom. The van der Waals surface area contributed by atoms with Gasteiger partial charge in [0, 0.05) is 17.7 Å². The zero-order valence-corrected chi connectivity index (χ0v) is 8.77. The molecule has 0 aromatic carbocycles. The van der Waals surface area contributed by atoms with E-state index in [1.807, 2.05) is 0 Å². The second-order valence-electron chi connectivity index (χ2n) is 4.68. The minimum absolute atomic E-state index is 0.499. The Hall–Kier alpha value is -0.530. The normalized spacial score (nSPS) is 40.2. The molecule has 2 aliphatic rings. The van der Waals surface area contributed by atoms with Gasteiger partial charge in [0.15, 0.2) is 0 Å². The fraction of sp³-hybridized carbons (Fsp3) is 0.909. The summed E-state index contributed by atoms with van der Waals surface area (Å²) in [6, 6.07) is 0. The summed E-state index contributed by atoms with van der Waals surface area (Å²) < 4.78 is 0. The molecule has 0 aromatic rings. The molecule has 0 aromatic heterocycles. The Labute approximate surface area is 80.8 Å². The van der Waals surface area contributed by atoms with E-state index < -0.39 is 0 Å². The SMILES string of the molecule is CCCN/N=C1/CCCC2CC12C.